The van der Waals surface area contributed by atoms with Crippen molar-refractivity contribution in [2.75, 3.05) is 31.3 Å². The van der Waals surface area contributed by atoms with Crippen molar-refractivity contribution < 1.29 is 14.3 Å². The van der Waals surface area contributed by atoms with Crippen LogP contribution in [-0.4, -0.2) is 52.2 Å². The zero-order valence-corrected chi connectivity index (χ0v) is 17.7. The molecular formula is C22H24N4O3S. The van der Waals surface area contributed by atoms with Crippen molar-refractivity contribution in [1.82, 2.24) is 14.5 Å². The lowest BCUT2D eigenvalue weighted by atomic mass is 10.3. The maximum Gasteiger partial charge on any atom is 0.242 e. The molecule has 0 radical (unpaired) electrons. The molecule has 1 fully saturated rings. The van der Waals surface area contributed by atoms with Crippen molar-refractivity contribution in [3.63, 3.8) is 0 Å². The Morgan fingerprint density at radius 3 is 2.63 bits per heavy atom. The largest absolute Gasteiger partial charge is 0.495 e. The Bertz CT molecular complexity index is 1060. The highest BCUT2D eigenvalue weighted by atomic mass is 32.2. The van der Waals surface area contributed by atoms with Crippen LogP contribution in [0.3, 0.4) is 0 Å². The molecule has 3 aromatic rings. The number of ether oxygens (including phenoxy) is 1. The van der Waals surface area contributed by atoms with Gasteiger partial charge < -0.3 is 19.5 Å². The molecule has 30 heavy (non-hydrogen) atoms. The Kier molecular flexibility index (Phi) is 6.23. The average Bonchev–Trinajstić information content (AvgIpc) is 3.41. The lowest BCUT2D eigenvalue weighted by molar-refractivity contribution is -0.130. The number of rotatable bonds is 7. The number of nitrogens with zero attached hydrogens (tertiary/aromatic N) is 3. The first-order valence-electron chi connectivity index (χ1n) is 9.94. The molecule has 1 aliphatic rings. The fourth-order valence-electron chi connectivity index (χ4n) is 3.58. The number of methoxy groups -OCH3 is 1. The lowest BCUT2D eigenvalue weighted by Crippen LogP contribution is -2.31. The van der Waals surface area contributed by atoms with E-state index in [1.165, 1.54) is 11.8 Å². The summed E-state index contributed by atoms with van der Waals surface area (Å²) in [6, 6.07) is 15.0. The molecule has 0 unspecified atom stereocenters. The highest BCUT2D eigenvalue weighted by Gasteiger charge is 2.21. The third kappa shape index (κ3) is 4.43. The summed E-state index contributed by atoms with van der Waals surface area (Å²) < 4.78 is 7.19. The zero-order valence-electron chi connectivity index (χ0n) is 16.8. The van der Waals surface area contributed by atoms with Crippen LogP contribution in [0.1, 0.15) is 12.8 Å². The summed E-state index contributed by atoms with van der Waals surface area (Å²) in [4.78, 5) is 31.8. The Morgan fingerprint density at radius 2 is 1.83 bits per heavy atom. The van der Waals surface area contributed by atoms with E-state index >= 15 is 0 Å². The second-order valence-electron chi connectivity index (χ2n) is 7.09. The van der Waals surface area contributed by atoms with Gasteiger partial charge in [-0.15, -0.1) is 0 Å². The molecule has 0 aliphatic carbocycles. The van der Waals surface area contributed by atoms with Crippen LogP contribution >= 0.6 is 11.8 Å². The molecule has 0 spiro atoms. The van der Waals surface area contributed by atoms with E-state index in [0.717, 1.165) is 37.0 Å². The third-order valence-electron chi connectivity index (χ3n) is 5.09. The van der Waals surface area contributed by atoms with E-state index in [9.17, 15) is 9.59 Å². The molecule has 2 amide bonds. The van der Waals surface area contributed by atoms with Crippen LogP contribution in [0.25, 0.3) is 11.0 Å². The van der Waals surface area contributed by atoms with E-state index in [2.05, 4.69) is 10.3 Å². The first-order chi connectivity index (χ1) is 14.7. The Hall–Kier alpha value is -3.00. The van der Waals surface area contributed by atoms with Crippen LogP contribution in [0.5, 0.6) is 5.75 Å². The van der Waals surface area contributed by atoms with E-state index < -0.39 is 0 Å². The summed E-state index contributed by atoms with van der Waals surface area (Å²) in [5.41, 5.74) is 2.35. The van der Waals surface area contributed by atoms with E-state index in [-0.39, 0.29) is 24.1 Å². The minimum Gasteiger partial charge on any atom is -0.495 e. The molecule has 1 N–H and O–H groups in total. The van der Waals surface area contributed by atoms with Crippen molar-refractivity contribution in [3.8, 4) is 5.75 Å². The molecule has 1 aromatic heterocycles. The third-order valence-corrected chi connectivity index (χ3v) is 6.06. The van der Waals surface area contributed by atoms with Crippen LogP contribution in [0, 0.1) is 0 Å². The molecule has 0 bridgehead atoms. The van der Waals surface area contributed by atoms with Gasteiger partial charge in [-0.3, -0.25) is 9.59 Å². The number of fused-ring (bicyclic) bond motifs is 1. The van der Waals surface area contributed by atoms with Gasteiger partial charge in [0.25, 0.3) is 0 Å². The smallest absolute Gasteiger partial charge is 0.242 e. The number of imidazole rings is 1. The normalized spacial score (nSPS) is 13.6. The minimum absolute atomic E-state index is 0.0935. The maximum absolute atomic E-state index is 12.7. The van der Waals surface area contributed by atoms with Gasteiger partial charge in [0.2, 0.25) is 11.8 Å². The summed E-state index contributed by atoms with van der Waals surface area (Å²) in [6.45, 7) is 1.86. The number of carbonyl (C=O) groups is 2. The van der Waals surface area contributed by atoms with Gasteiger partial charge in [-0.05, 0) is 37.1 Å². The molecule has 4 rings (SSSR count). The number of hydrogen-bond donors (Lipinski definition) is 1. The van der Waals surface area contributed by atoms with Crippen LogP contribution < -0.4 is 10.1 Å². The van der Waals surface area contributed by atoms with Crippen LogP contribution in [-0.2, 0) is 16.1 Å². The maximum atomic E-state index is 12.7. The molecule has 7 nitrogen and oxygen atoms in total. The van der Waals surface area contributed by atoms with Crippen molar-refractivity contribution in [3.05, 3.63) is 48.5 Å². The Morgan fingerprint density at radius 1 is 1.10 bits per heavy atom. The highest BCUT2D eigenvalue weighted by molar-refractivity contribution is 7.99. The number of thioether (sulfide) groups is 1. The molecule has 1 aliphatic heterocycles. The Labute approximate surface area is 179 Å². The molecular weight excluding hydrogens is 400 g/mol. The number of hydrogen-bond acceptors (Lipinski definition) is 5. The number of anilines is 1. The van der Waals surface area contributed by atoms with E-state index in [0.29, 0.717) is 16.6 Å². The minimum atomic E-state index is -0.158. The van der Waals surface area contributed by atoms with Gasteiger partial charge in [-0.2, -0.15) is 0 Å². The SMILES string of the molecule is COc1ccccc1NC(=O)CSc1nc2ccccc2n1CC(=O)N1CCCC1. The molecule has 156 valence electrons. The zero-order chi connectivity index (χ0) is 20.9. The van der Waals surface area contributed by atoms with Crippen molar-refractivity contribution in [2.24, 2.45) is 0 Å². The number of carbonyl (C=O) groups excluding carboxylic acids is 2. The first kappa shape index (κ1) is 20.3. The van der Waals surface area contributed by atoms with E-state index in [1.807, 2.05) is 45.9 Å². The Balaban J connectivity index is 1.49. The number of aromatic nitrogens is 2. The summed E-state index contributed by atoms with van der Waals surface area (Å²) in [5, 5.41) is 3.54. The lowest BCUT2D eigenvalue weighted by Gasteiger charge is -2.17. The monoisotopic (exact) mass is 424 g/mol. The number of benzene rings is 2. The predicted molar refractivity (Wildman–Crippen MR) is 118 cm³/mol. The molecule has 1 saturated heterocycles. The standard InChI is InChI=1S/C22H24N4O3S/c1-29-19-11-5-3-9-17(19)23-20(27)15-30-22-24-16-8-2-4-10-18(16)26(22)14-21(28)25-12-6-7-13-25/h2-5,8-11H,6-7,12-15H2,1H3,(H,23,27). The summed E-state index contributed by atoms with van der Waals surface area (Å²) >= 11 is 1.33. The summed E-state index contributed by atoms with van der Waals surface area (Å²) in [7, 11) is 1.57. The van der Waals surface area contributed by atoms with Crippen LogP contribution in [0.2, 0.25) is 0 Å². The molecule has 2 heterocycles. The number of amides is 2. The van der Waals surface area contributed by atoms with Gasteiger partial charge in [-0.1, -0.05) is 36.0 Å². The van der Waals surface area contributed by atoms with Gasteiger partial charge in [0.1, 0.15) is 12.3 Å². The van der Waals surface area contributed by atoms with Crippen molar-refractivity contribution in [2.45, 2.75) is 24.5 Å². The van der Waals surface area contributed by atoms with Gasteiger partial charge in [0.05, 0.1) is 29.6 Å². The van der Waals surface area contributed by atoms with Gasteiger partial charge >= 0.3 is 0 Å². The van der Waals surface area contributed by atoms with Gasteiger partial charge in [0.15, 0.2) is 5.16 Å². The topological polar surface area (TPSA) is 76.5 Å². The van der Waals surface area contributed by atoms with E-state index in [1.54, 1.807) is 19.2 Å². The van der Waals surface area contributed by atoms with Crippen LogP contribution in [0.15, 0.2) is 53.7 Å². The molecule has 0 atom stereocenters. The molecule has 2 aromatic carbocycles. The highest BCUT2D eigenvalue weighted by Crippen LogP contribution is 2.26. The average molecular weight is 425 g/mol. The van der Waals surface area contributed by atoms with E-state index in [4.69, 9.17) is 4.74 Å². The second-order valence-corrected chi connectivity index (χ2v) is 8.04. The molecule has 8 heteroatoms. The quantitative estimate of drug-likeness (QED) is 0.589. The number of likely N-dealkylation sites (tertiary alicyclic amines) is 1. The predicted octanol–water partition coefficient (Wildman–Crippen LogP) is 3.40. The molecule has 0 saturated carbocycles. The summed E-state index contributed by atoms with van der Waals surface area (Å²) in [6.07, 6.45) is 2.11. The number of nitrogens with one attached hydrogen (secondary N) is 1. The fraction of sp³-hybridized carbons (Fsp3) is 0.318. The number of para-hydroxylation sites is 4. The second kappa shape index (κ2) is 9.21. The summed E-state index contributed by atoms with van der Waals surface area (Å²) in [5.74, 6) is 0.725. The van der Waals surface area contributed by atoms with Crippen molar-refractivity contribution >= 4 is 40.3 Å². The fourth-order valence-corrected chi connectivity index (χ4v) is 4.40. The first-order valence-corrected chi connectivity index (χ1v) is 10.9. The van der Waals surface area contributed by atoms with Crippen LogP contribution in [0.4, 0.5) is 5.69 Å². The van der Waals surface area contributed by atoms with Crippen molar-refractivity contribution in [1.29, 1.82) is 0 Å². The van der Waals surface area contributed by atoms with Gasteiger partial charge in [0, 0.05) is 13.1 Å². The van der Waals surface area contributed by atoms with Gasteiger partial charge in [-0.25, -0.2) is 4.98 Å².